The van der Waals surface area contributed by atoms with Crippen LogP contribution in [0, 0.1) is 17.8 Å². The van der Waals surface area contributed by atoms with Crippen molar-refractivity contribution >= 4 is 28.5 Å². The van der Waals surface area contributed by atoms with Crippen LogP contribution >= 0.6 is 11.5 Å². The van der Waals surface area contributed by atoms with Gasteiger partial charge in [-0.05, 0) is 50.0 Å². The number of aromatic amines is 1. The molecule has 118 valence electrons. The summed E-state index contributed by atoms with van der Waals surface area (Å²) in [7, 11) is 0. The van der Waals surface area contributed by atoms with Gasteiger partial charge in [0.05, 0.1) is 33.7 Å². The highest BCUT2D eigenvalue weighted by Gasteiger charge is 2.16. The highest BCUT2D eigenvalue weighted by Crippen LogP contribution is 2.17. The monoisotopic (exact) mass is 325 g/mol. The van der Waals surface area contributed by atoms with Crippen LogP contribution in [0.1, 0.15) is 37.2 Å². The van der Waals surface area contributed by atoms with Gasteiger partial charge in [0, 0.05) is 6.20 Å². The van der Waals surface area contributed by atoms with E-state index < -0.39 is 5.54 Å². The maximum absolute atomic E-state index is 8.06. The van der Waals surface area contributed by atoms with Crippen LogP contribution < -0.4 is 5.32 Å². The molecule has 0 aromatic carbocycles. The molecular weight excluding hydrogens is 306 g/mol. The number of hydrogen-bond acceptors (Lipinski definition) is 5. The van der Waals surface area contributed by atoms with E-state index in [4.69, 9.17) is 11.8 Å². The molecule has 6 heteroatoms. The van der Waals surface area contributed by atoms with Gasteiger partial charge in [0.1, 0.15) is 5.82 Å². The largest absolute Gasteiger partial charge is 0.368 e. The number of nitrogens with zero attached hydrogens (tertiary/aromatic N) is 2. The minimum atomic E-state index is -0.485. The van der Waals surface area contributed by atoms with Crippen molar-refractivity contribution in [2.75, 3.05) is 0 Å². The summed E-state index contributed by atoms with van der Waals surface area (Å²) in [5.74, 6) is 3.35. The van der Waals surface area contributed by atoms with Crippen molar-refractivity contribution in [3.05, 3.63) is 47.5 Å². The lowest BCUT2D eigenvalue weighted by atomic mass is 10.1. The molecule has 0 amide bonds. The Hall–Kier alpha value is -2.65. The minimum Gasteiger partial charge on any atom is -0.368 e. The molecule has 2 rings (SSSR count). The Morgan fingerprint density at radius 1 is 1.57 bits per heavy atom. The molecule has 2 aromatic heterocycles. The van der Waals surface area contributed by atoms with E-state index in [0.29, 0.717) is 17.2 Å². The average Bonchev–Trinajstić information content (AvgIpc) is 3.18. The van der Waals surface area contributed by atoms with E-state index in [-0.39, 0.29) is 0 Å². The Morgan fingerprint density at radius 2 is 2.30 bits per heavy atom. The summed E-state index contributed by atoms with van der Waals surface area (Å²) >= 11 is 1.29. The molecular formula is C17H19N5S. The number of nitrogens with one attached hydrogen (secondary N) is 3. The van der Waals surface area contributed by atoms with Crippen LogP contribution in [0.2, 0.25) is 0 Å². The quantitative estimate of drug-likeness (QED) is 0.563. The molecule has 0 atom stereocenters. The number of hydrogen-bond donors (Lipinski definition) is 3. The highest BCUT2D eigenvalue weighted by molar-refractivity contribution is 7.08. The van der Waals surface area contributed by atoms with Gasteiger partial charge >= 0.3 is 0 Å². The molecule has 0 saturated heterocycles. The van der Waals surface area contributed by atoms with Crippen LogP contribution in [0.4, 0.5) is 0 Å². The Morgan fingerprint density at radius 3 is 2.91 bits per heavy atom. The first-order chi connectivity index (χ1) is 10.8. The van der Waals surface area contributed by atoms with Gasteiger partial charge in [-0.15, -0.1) is 6.42 Å². The topological polar surface area (TPSA) is 77.5 Å². The van der Waals surface area contributed by atoms with Crippen molar-refractivity contribution in [2.45, 2.75) is 26.3 Å². The zero-order valence-corrected chi connectivity index (χ0v) is 14.2. The molecule has 0 aliphatic heterocycles. The summed E-state index contributed by atoms with van der Waals surface area (Å²) in [4.78, 5) is 8.35. The Bertz CT molecular complexity index is 787. The Kier molecular flexibility index (Phi) is 4.82. The molecule has 5 nitrogen and oxygen atoms in total. The van der Waals surface area contributed by atoms with E-state index in [1.807, 2.05) is 26.8 Å². The summed E-state index contributed by atoms with van der Waals surface area (Å²) in [6, 6.07) is 1.82. The van der Waals surface area contributed by atoms with Gasteiger partial charge in [-0.3, -0.25) is 5.41 Å². The lowest BCUT2D eigenvalue weighted by molar-refractivity contribution is 0.586. The van der Waals surface area contributed by atoms with Crippen LogP contribution in [-0.2, 0) is 0 Å². The third kappa shape index (κ3) is 4.18. The normalized spacial score (nSPS) is 11.8. The van der Waals surface area contributed by atoms with Crippen molar-refractivity contribution in [1.82, 2.24) is 19.7 Å². The van der Waals surface area contributed by atoms with Gasteiger partial charge in [0.15, 0.2) is 0 Å². The van der Waals surface area contributed by atoms with Crippen LogP contribution in [0.3, 0.4) is 0 Å². The van der Waals surface area contributed by atoms with Crippen LogP contribution in [0.5, 0.6) is 0 Å². The molecule has 0 spiro atoms. The van der Waals surface area contributed by atoms with Gasteiger partial charge < -0.3 is 10.3 Å². The van der Waals surface area contributed by atoms with Gasteiger partial charge in [-0.2, -0.15) is 0 Å². The zero-order chi connectivity index (χ0) is 17.0. The van der Waals surface area contributed by atoms with E-state index >= 15 is 0 Å². The first kappa shape index (κ1) is 16.7. The van der Waals surface area contributed by atoms with Crippen molar-refractivity contribution in [3.63, 3.8) is 0 Å². The smallest absolute Gasteiger partial charge is 0.133 e. The maximum Gasteiger partial charge on any atom is 0.133 e. The van der Waals surface area contributed by atoms with E-state index in [1.54, 1.807) is 18.5 Å². The number of terminal acetylenes is 1. The van der Waals surface area contributed by atoms with Crippen LogP contribution in [0.15, 0.2) is 31.1 Å². The summed E-state index contributed by atoms with van der Waals surface area (Å²) in [6.45, 7) is 9.69. The molecule has 0 bridgehead atoms. The summed E-state index contributed by atoms with van der Waals surface area (Å²) in [5, 5.41) is 11.2. The number of rotatable bonds is 6. The molecule has 2 heterocycles. The first-order valence-corrected chi connectivity index (χ1v) is 7.78. The van der Waals surface area contributed by atoms with Crippen molar-refractivity contribution in [2.24, 2.45) is 0 Å². The number of aromatic nitrogens is 3. The first-order valence-electron chi connectivity index (χ1n) is 7.01. The van der Waals surface area contributed by atoms with Crippen molar-refractivity contribution in [1.29, 1.82) is 5.41 Å². The number of imidazole rings is 1. The fraction of sp³-hybridized carbons (Fsp3) is 0.235. The van der Waals surface area contributed by atoms with E-state index in [9.17, 15) is 0 Å². The molecule has 0 unspecified atom stereocenters. The van der Waals surface area contributed by atoms with Gasteiger partial charge in [0.25, 0.3) is 0 Å². The molecule has 0 aliphatic rings. The average molecular weight is 325 g/mol. The lowest BCUT2D eigenvalue weighted by Crippen LogP contribution is -2.35. The van der Waals surface area contributed by atoms with Crippen molar-refractivity contribution in [3.8, 4) is 12.3 Å². The Balaban J connectivity index is 2.14. The molecule has 3 N–H and O–H groups in total. The van der Waals surface area contributed by atoms with E-state index in [0.717, 1.165) is 16.1 Å². The third-order valence-electron chi connectivity index (χ3n) is 3.16. The standard InChI is InChI=1S/C17H19N5S/c1-6-17(4,5)22-12(3)14-10-19-16(21-14)11(2)9-13(18)15-7-8-20-23-15/h1,7-10,18,22H,3H2,2,4-5H3,(H,19,21)/b11-9-,18-13?. The molecule has 2 aromatic rings. The summed E-state index contributed by atoms with van der Waals surface area (Å²) in [6.07, 6.45) is 10.6. The molecule has 0 saturated carbocycles. The van der Waals surface area contributed by atoms with Crippen LogP contribution in [-0.4, -0.2) is 25.6 Å². The molecule has 0 radical (unpaired) electrons. The summed E-state index contributed by atoms with van der Waals surface area (Å²) in [5.41, 5.74) is 2.23. The fourth-order valence-electron chi connectivity index (χ4n) is 1.87. The van der Waals surface area contributed by atoms with E-state index in [1.165, 1.54) is 11.5 Å². The van der Waals surface area contributed by atoms with Crippen molar-refractivity contribution < 1.29 is 0 Å². The van der Waals surface area contributed by atoms with Gasteiger partial charge in [-0.25, -0.2) is 9.36 Å². The highest BCUT2D eigenvalue weighted by atomic mass is 32.1. The third-order valence-corrected chi connectivity index (χ3v) is 3.94. The molecule has 23 heavy (non-hydrogen) atoms. The fourth-order valence-corrected chi connectivity index (χ4v) is 2.38. The van der Waals surface area contributed by atoms with Gasteiger partial charge in [-0.1, -0.05) is 12.5 Å². The second-order valence-corrected chi connectivity index (χ2v) is 6.47. The SMILES string of the molecule is C#CC(C)(C)NC(=C)c1cnc(/C(C)=C\C(=N)c2ccns2)[nH]1. The van der Waals surface area contributed by atoms with E-state index in [2.05, 4.69) is 32.2 Å². The van der Waals surface area contributed by atoms with Crippen LogP contribution in [0.25, 0.3) is 11.3 Å². The molecule has 0 aliphatic carbocycles. The predicted molar refractivity (Wildman–Crippen MR) is 96.3 cm³/mol. The Labute approximate surface area is 140 Å². The maximum atomic E-state index is 8.06. The minimum absolute atomic E-state index is 0.411. The number of H-pyrrole nitrogens is 1. The lowest BCUT2D eigenvalue weighted by Gasteiger charge is -2.21. The van der Waals surface area contributed by atoms with Gasteiger partial charge in [0.2, 0.25) is 0 Å². The summed E-state index contributed by atoms with van der Waals surface area (Å²) < 4.78 is 4.00. The predicted octanol–water partition coefficient (Wildman–Crippen LogP) is 3.31. The second-order valence-electron chi connectivity index (χ2n) is 5.64. The second kappa shape index (κ2) is 6.63. The zero-order valence-electron chi connectivity index (χ0n) is 13.4. The molecule has 0 fully saturated rings. The number of allylic oxidation sites excluding steroid dienone is 2.